The van der Waals surface area contributed by atoms with E-state index in [-0.39, 0.29) is 18.4 Å². The normalized spacial score (nSPS) is 11.7. The van der Waals surface area contributed by atoms with Crippen molar-refractivity contribution in [3.05, 3.63) is 70.7 Å². The number of hydrogen-bond donors (Lipinski definition) is 2. The Morgan fingerprint density at radius 3 is 2.35 bits per heavy atom. The molecule has 0 fully saturated rings. The molecule has 0 aliphatic carbocycles. The summed E-state index contributed by atoms with van der Waals surface area (Å²) >= 11 is 5.93. The molecule has 1 atom stereocenters. The highest BCUT2D eigenvalue weighted by Gasteiger charge is 2.29. The maximum Gasteiger partial charge on any atom is 0.247 e. The minimum Gasteiger partial charge on any atom is -0.396 e. The molecule has 2 amide bonds. The van der Waals surface area contributed by atoms with Crippen LogP contribution < -0.4 is 5.32 Å². The Labute approximate surface area is 158 Å². The summed E-state index contributed by atoms with van der Waals surface area (Å²) in [7, 11) is 0. The lowest BCUT2D eigenvalue weighted by Crippen LogP contribution is -2.42. The average molecular weight is 375 g/mol. The standard InChI is InChI=1S/C20H23ClN2O3/c1-15(25)23(14-16-8-10-18(21)11-9-16)19(17-6-3-2-4-7-17)20(26)22-12-5-13-24/h2-4,6-11,19,24H,5,12-14H2,1H3,(H,22,26)/t19-/m0/s1. The monoisotopic (exact) mass is 374 g/mol. The summed E-state index contributed by atoms with van der Waals surface area (Å²) in [5, 5.41) is 12.3. The molecule has 0 saturated heterocycles. The van der Waals surface area contributed by atoms with Gasteiger partial charge in [-0.2, -0.15) is 0 Å². The number of carbonyl (C=O) groups excluding carboxylic acids is 2. The number of halogens is 1. The number of rotatable bonds is 8. The van der Waals surface area contributed by atoms with Gasteiger partial charge in [0, 0.05) is 31.6 Å². The van der Waals surface area contributed by atoms with E-state index in [0.717, 1.165) is 11.1 Å². The number of nitrogens with zero attached hydrogens (tertiary/aromatic N) is 1. The third kappa shape index (κ3) is 5.58. The predicted octanol–water partition coefficient (Wildman–Crippen LogP) is 2.93. The Morgan fingerprint density at radius 1 is 1.12 bits per heavy atom. The van der Waals surface area contributed by atoms with Crippen LogP contribution in [-0.4, -0.2) is 35.0 Å². The zero-order chi connectivity index (χ0) is 18.9. The van der Waals surface area contributed by atoms with Gasteiger partial charge in [0.05, 0.1) is 0 Å². The fourth-order valence-electron chi connectivity index (χ4n) is 2.67. The first kappa shape index (κ1) is 19.9. The molecule has 2 rings (SSSR count). The Morgan fingerprint density at radius 2 is 1.77 bits per heavy atom. The molecule has 2 N–H and O–H groups in total. The number of amides is 2. The average Bonchev–Trinajstić information content (AvgIpc) is 2.64. The molecule has 26 heavy (non-hydrogen) atoms. The highest BCUT2D eigenvalue weighted by Crippen LogP contribution is 2.24. The van der Waals surface area contributed by atoms with Crippen molar-refractivity contribution in [1.29, 1.82) is 0 Å². The number of carbonyl (C=O) groups is 2. The summed E-state index contributed by atoms with van der Waals surface area (Å²) in [6, 6.07) is 15.6. The highest BCUT2D eigenvalue weighted by molar-refractivity contribution is 6.30. The van der Waals surface area contributed by atoms with Gasteiger partial charge < -0.3 is 15.3 Å². The van der Waals surface area contributed by atoms with Crippen molar-refractivity contribution < 1.29 is 14.7 Å². The molecule has 0 aromatic heterocycles. The van der Waals surface area contributed by atoms with E-state index in [1.165, 1.54) is 11.8 Å². The van der Waals surface area contributed by atoms with Crippen LogP contribution in [0.5, 0.6) is 0 Å². The van der Waals surface area contributed by atoms with Crippen LogP contribution in [0.1, 0.15) is 30.5 Å². The van der Waals surface area contributed by atoms with Crippen LogP contribution in [0.15, 0.2) is 54.6 Å². The lowest BCUT2D eigenvalue weighted by atomic mass is 10.0. The SMILES string of the molecule is CC(=O)N(Cc1ccc(Cl)cc1)[C@H](C(=O)NCCCO)c1ccccc1. The van der Waals surface area contributed by atoms with Crippen molar-refractivity contribution in [2.24, 2.45) is 0 Å². The van der Waals surface area contributed by atoms with Crippen LogP contribution in [0.3, 0.4) is 0 Å². The van der Waals surface area contributed by atoms with E-state index in [1.54, 1.807) is 12.1 Å². The second kappa shape index (κ2) is 9.94. The van der Waals surface area contributed by atoms with E-state index in [2.05, 4.69) is 5.32 Å². The maximum absolute atomic E-state index is 12.8. The molecule has 0 aliphatic rings. The molecule has 2 aromatic rings. The van der Waals surface area contributed by atoms with Crippen LogP contribution >= 0.6 is 11.6 Å². The van der Waals surface area contributed by atoms with E-state index in [9.17, 15) is 9.59 Å². The van der Waals surface area contributed by atoms with E-state index < -0.39 is 6.04 Å². The molecule has 0 saturated carbocycles. The summed E-state index contributed by atoms with van der Waals surface area (Å²) in [6.07, 6.45) is 0.463. The molecule has 0 bridgehead atoms. The zero-order valence-corrected chi connectivity index (χ0v) is 15.4. The Balaban J connectivity index is 2.30. The number of hydrogen-bond acceptors (Lipinski definition) is 3. The summed E-state index contributed by atoms with van der Waals surface area (Å²) in [5.41, 5.74) is 1.62. The number of nitrogens with one attached hydrogen (secondary N) is 1. The second-order valence-corrected chi connectivity index (χ2v) is 6.39. The van der Waals surface area contributed by atoms with E-state index in [1.807, 2.05) is 42.5 Å². The fourth-order valence-corrected chi connectivity index (χ4v) is 2.79. The smallest absolute Gasteiger partial charge is 0.247 e. The van der Waals surface area contributed by atoms with Crippen LogP contribution in [-0.2, 0) is 16.1 Å². The molecule has 138 valence electrons. The van der Waals surface area contributed by atoms with Gasteiger partial charge in [-0.3, -0.25) is 9.59 Å². The van der Waals surface area contributed by atoms with Gasteiger partial charge in [0.15, 0.2) is 0 Å². The third-order valence-corrected chi connectivity index (χ3v) is 4.23. The zero-order valence-electron chi connectivity index (χ0n) is 14.7. The van der Waals surface area contributed by atoms with Crippen molar-refractivity contribution in [2.45, 2.75) is 25.9 Å². The Bertz CT molecular complexity index is 720. The van der Waals surface area contributed by atoms with Gasteiger partial charge in [0.25, 0.3) is 0 Å². The first-order chi connectivity index (χ1) is 12.5. The van der Waals surface area contributed by atoms with Crippen molar-refractivity contribution >= 4 is 23.4 Å². The van der Waals surface area contributed by atoms with Gasteiger partial charge in [0.1, 0.15) is 6.04 Å². The van der Waals surface area contributed by atoms with Gasteiger partial charge in [-0.05, 0) is 29.7 Å². The van der Waals surface area contributed by atoms with Crippen LogP contribution in [0.25, 0.3) is 0 Å². The van der Waals surface area contributed by atoms with Crippen molar-refractivity contribution in [1.82, 2.24) is 10.2 Å². The van der Waals surface area contributed by atoms with Crippen molar-refractivity contribution in [3.63, 3.8) is 0 Å². The molecule has 0 aliphatic heterocycles. The molecule has 2 aromatic carbocycles. The van der Waals surface area contributed by atoms with Gasteiger partial charge >= 0.3 is 0 Å². The van der Waals surface area contributed by atoms with E-state index >= 15 is 0 Å². The predicted molar refractivity (Wildman–Crippen MR) is 102 cm³/mol. The maximum atomic E-state index is 12.8. The van der Waals surface area contributed by atoms with Crippen molar-refractivity contribution in [3.8, 4) is 0 Å². The molecule has 0 heterocycles. The van der Waals surface area contributed by atoms with Crippen molar-refractivity contribution in [2.75, 3.05) is 13.2 Å². The largest absolute Gasteiger partial charge is 0.396 e. The Hall–Kier alpha value is -2.37. The first-order valence-electron chi connectivity index (χ1n) is 8.48. The summed E-state index contributed by atoms with van der Waals surface area (Å²) in [4.78, 5) is 26.7. The Kier molecular flexibility index (Phi) is 7.63. The number of aliphatic hydroxyl groups excluding tert-OH is 1. The van der Waals surface area contributed by atoms with Crippen LogP contribution in [0, 0.1) is 0 Å². The fraction of sp³-hybridized carbons (Fsp3) is 0.300. The molecule has 0 spiro atoms. The highest BCUT2D eigenvalue weighted by atomic mass is 35.5. The molecular formula is C20H23ClN2O3. The molecule has 6 heteroatoms. The van der Waals surface area contributed by atoms with Crippen LogP contribution in [0.4, 0.5) is 0 Å². The second-order valence-electron chi connectivity index (χ2n) is 5.95. The quantitative estimate of drug-likeness (QED) is 0.698. The number of benzene rings is 2. The molecule has 5 nitrogen and oxygen atoms in total. The topological polar surface area (TPSA) is 69.6 Å². The van der Waals surface area contributed by atoms with Gasteiger partial charge in [-0.1, -0.05) is 54.1 Å². The third-order valence-electron chi connectivity index (χ3n) is 3.98. The van der Waals surface area contributed by atoms with Gasteiger partial charge in [-0.15, -0.1) is 0 Å². The van der Waals surface area contributed by atoms with E-state index in [0.29, 0.717) is 24.5 Å². The first-order valence-corrected chi connectivity index (χ1v) is 8.86. The minimum atomic E-state index is -0.747. The number of aliphatic hydroxyl groups is 1. The molecule has 0 radical (unpaired) electrons. The molecular weight excluding hydrogens is 352 g/mol. The summed E-state index contributed by atoms with van der Waals surface area (Å²) < 4.78 is 0. The minimum absolute atomic E-state index is 0.00250. The molecule has 0 unspecified atom stereocenters. The van der Waals surface area contributed by atoms with Gasteiger partial charge in [-0.25, -0.2) is 0 Å². The van der Waals surface area contributed by atoms with Crippen LogP contribution in [0.2, 0.25) is 5.02 Å². The lowest BCUT2D eigenvalue weighted by molar-refractivity contribution is -0.140. The lowest BCUT2D eigenvalue weighted by Gasteiger charge is -2.30. The van der Waals surface area contributed by atoms with E-state index in [4.69, 9.17) is 16.7 Å². The summed E-state index contributed by atoms with van der Waals surface area (Å²) in [5.74, 6) is -0.472. The van der Waals surface area contributed by atoms with Gasteiger partial charge in [0.2, 0.25) is 11.8 Å². The summed E-state index contributed by atoms with van der Waals surface area (Å²) in [6.45, 7) is 2.09.